The fraction of sp³-hybridized carbons (Fsp3) is 0.259. The van der Waals surface area contributed by atoms with Gasteiger partial charge in [-0.2, -0.15) is 0 Å². The maximum Gasteiger partial charge on any atom is 0.494 e. The quantitative estimate of drug-likeness (QED) is 0.413. The summed E-state index contributed by atoms with van der Waals surface area (Å²) in [6.07, 6.45) is 4.38. The first-order chi connectivity index (χ1) is 15.7. The summed E-state index contributed by atoms with van der Waals surface area (Å²) in [5, 5.41) is 0. The van der Waals surface area contributed by atoms with Crippen LogP contribution in [-0.4, -0.2) is 33.5 Å². The monoisotopic (exact) mass is 436 g/mol. The van der Waals surface area contributed by atoms with E-state index in [1.54, 1.807) is 0 Å². The Labute approximate surface area is 193 Å². The number of aromatic nitrogens is 2. The number of hydrogen-bond acceptors (Lipinski definition) is 4. The first-order valence-electron chi connectivity index (χ1n) is 11.4. The molecule has 0 N–H and O–H groups in total. The van der Waals surface area contributed by atoms with Gasteiger partial charge < -0.3 is 9.31 Å². The second-order valence-electron chi connectivity index (χ2n) is 9.86. The fourth-order valence-corrected chi connectivity index (χ4v) is 4.66. The van der Waals surface area contributed by atoms with Crippen molar-refractivity contribution in [1.82, 2.24) is 9.38 Å². The number of allylic oxidation sites excluding steroid dienone is 1. The van der Waals surface area contributed by atoms with Gasteiger partial charge in [0.2, 0.25) is 0 Å². The van der Waals surface area contributed by atoms with Crippen LogP contribution in [0.15, 0.2) is 60.7 Å². The van der Waals surface area contributed by atoms with E-state index < -0.39 is 7.12 Å². The minimum absolute atomic E-state index is 0.114. The molecular weight excluding hydrogens is 411 g/mol. The summed E-state index contributed by atoms with van der Waals surface area (Å²) in [6, 6.07) is 18.3. The highest BCUT2D eigenvalue weighted by molar-refractivity contribution is 6.62. The number of benzene rings is 2. The van der Waals surface area contributed by atoms with E-state index in [-0.39, 0.29) is 17.0 Å². The third kappa shape index (κ3) is 3.01. The number of rotatable bonds is 2. The van der Waals surface area contributed by atoms with Crippen molar-refractivity contribution in [3.8, 4) is 11.1 Å². The van der Waals surface area contributed by atoms with E-state index >= 15 is 0 Å². The third-order valence-corrected chi connectivity index (χ3v) is 7.21. The number of carbonyl (C=O) groups is 1. The minimum Gasteiger partial charge on any atom is -0.399 e. The van der Waals surface area contributed by atoms with Crippen LogP contribution in [-0.2, 0) is 9.31 Å². The van der Waals surface area contributed by atoms with Gasteiger partial charge in [0.05, 0.1) is 27.9 Å². The average molecular weight is 436 g/mol. The number of imidazole rings is 1. The predicted octanol–water partition coefficient (Wildman–Crippen LogP) is 5.05. The molecule has 33 heavy (non-hydrogen) atoms. The predicted molar refractivity (Wildman–Crippen MR) is 132 cm³/mol. The van der Waals surface area contributed by atoms with E-state index in [0.717, 1.165) is 38.8 Å². The zero-order valence-corrected chi connectivity index (χ0v) is 19.3. The number of ketones is 1. The molecule has 0 saturated carbocycles. The van der Waals surface area contributed by atoms with Crippen molar-refractivity contribution in [2.24, 2.45) is 0 Å². The Bertz CT molecular complexity index is 1450. The summed E-state index contributed by atoms with van der Waals surface area (Å²) < 4.78 is 14.4. The number of hydrogen-bond donors (Lipinski definition) is 0. The van der Waals surface area contributed by atoms with Gasteiger partial charge in [-0.15, -0.1) is 0 Å². The molecule has 4 aromatic rings. The highest BCUT2D eigenvalue weighted by atomic mass is 16.7. The molecule has 0 unspecified atom stereocenters. The molecule has 6 rings (SSSR count). The van der Waals surface area contributed by atoms with Gasteiger partial charge in [0.25, 0.3) is 0 Å². The highest BCUT2D eigenvalue weighted by Crippen LogP contribution is 2.37. The van der Waals surface area contributed by atoms with E-state index in [4.69, 9.17) is 14.3 Å². The van der Waals surface area contributed by atoms with Crippen LogP contribution in [0.2, 0.25) is 0 Å². The lowest BCUT2D eigenvalue weighted by molar-refractivity contribution is 0.00578. The standard InChI is InChI=1S/C27H25BN2O3/c1-26(2)27(3,4)33-28(32-26)19-14-12-17(13-15-19)20-16-18-8-7-11-23(31)24(18)30-22-10-6-5-9-21(22)29-25(20)30/h5-10,12-16H,11H2,1-4H3. The van der Waals surface area contributed by atoms with E-state index in [9.17, 15) is 4.79 Å². The molecule has 0 radical (unpaired) electrons. The molecular formula is C27H25BN2O3. The van der Waals surface area contributed by atoms with Crippen molar-refractivity contribution in [2.45, 2.75) is 45.3 Å². The van der Waals surface area contributed by atoms with Gasteiger partial charge in [-0.1, -0.05) is 48.6 Å². The van der Waals surface area contributed by atoms with Crippen LogP contribution in [0.25, 0.3) is 33.9 Å². The summed E-state index contributed by atoms with van der Waals surface area (Å²) in [5.41, 5.74) is 6.50. The van der Waals surface area contributed by atoms with Crippen LogP contribution in [0.1, 0.15) is 50.2 Å². The molecule has 1 aliphatic carbocycles. The SMILES string of the molecule is CC1(C)OB(c2ccc(-c3cc4c(n5c3nc3ccccc35)C(=O)CC=C4)cc2)OC1(C)C. The molecule has 1 aliphatic heterocycles. The Balaban J connectivity index is 1.50. The van der Waals surface area contributed by atoms with Crippen molar-refractivity contribution < 1.29 is 14.1 Å². The molecule has 164 valence electrons. The summed E-state index contributed by atoms with van der Waals surface area (Å²) >= 11 is 0. The van der Waals surface area contributed by atoms with E-state index in [1.807, 2.05) is 40.8 Å². The molecule has 2 aromatic heterocycles. The van der Waals surface area contributed by atoms with Gasteiger partial charge in [0.1, 0.15) is 5.65 Å². The molecule has 0 atom stereocenters. The van der Waals surface area contributed by atoms with Gasteiger partial charge in [0, 0.05) is 17.5 Å². The zero-order chi connectivity index (χ0) is 23.0. The molecule has 1 fully saturated rings. The van der Waals surface area contributed by atoms with Gasteiger partial charge in [-0.05, 0) is 56.9 Å². The van der Waals surface area contributed by atoms with Crippen molar-refractivity contribution in [3.63, 3.8) is 0 Å². The van der Waals surface area contributed by atoms with Crippen LogP contribution in [0.4, 0.5) is 0 Å². The summed E-state index contributed by atoms with van der Waals surface area (Å²) in [4.78, 5) is 17.8. The fourth-order valence-electron chi connectivity index (χ4n) is 4.66. The number of pyridine rings is 1. The maximum absolute atomic E-state index is 12.9. The summed E-state index contributed by atoms with van der Waals surface area (Å²) in [7, 11) is -0.401. The van der Waals surface area contributed by atoms with Crippen LogP contribution in [0.3, 0.4) is 0 Å². The molecule has 2 aromatic carbocycles. The lowest BCUT2D eigenvalue weighted by atomic mass is 9.78. The molecule has 3 heterocycles. The highest BCUT2D eigenvalue weighted by Gasteiger charge is 2.51. The molecule has 0 bridgehead atoms. The lowest BCUT2D eigenvalue weighted by Crippen LogP contribution is -2.41. The number of nitrogens with zero attached hydrogens (tertiary/aromatic N) is 2. The first-order valence-corrected chi connectivity index (χ1v) is 11.4. The largest absolute Gasteiger partial charge is 0.494 e. The molecule has 6 heteroatoms. The second-order valence-corrected chi connectivity index (χ2v) is 9.86. The third-order valence-electron chi connectivity index (χ3n) is 7.21. The summed E-state index contributed by atoms with van der Waals surface area (Å²) in [5.74, 6) is 0.114. The van der Waals surface area contributed by atoms with Crippen LogP contribution < -0.4 is 5.46 Å². The van der Waals surface area contributed by atoms with Crippen LogP contribution in [0, 0.1) is 0 Å². The Morgan fingerprint density at radius 3 is 2.39 bits per heavy atom. The van der Waals surface area contributed by atoms with E-state index in [2.05, 4.69) is 58.0 Å². The first kappa shape index (κ1) is 20.4. The molecule has 0 spiro atoms. The number of Topliss-reactive ketones (excluding diaryl/α,β-unsaturated/α-hetero) is 1. The smallest absolute Gasteiger partial charge is 0.399 e. The van der Waals surface area contributed by atoms with Gasteiger partial charge in [-0.3, -0.25) is 9.20 Å². The maximum atomic E-state index is 12.9. The van der Waals surface area contributed by atoms with Gasteiger partial charge >= 0.3 is 7.12 Å². The van der Waals surface area contributed by atoms with Crippen molar-refractivity contribution in [2.75, 3.05) is 0 Å². The summed E-state index contributed by atoms with van der Waals surface area (Å²) in [6.45, 7) is 8.23. The van der Waals surface area contributed by atoms with Crippen molar-refractivity contribution >= 4 is 41.1 Å². The molecule has 1 saturated heterocycles. The lowest BCUT2D eigenvalue weighted by Gasteiger charge is -2.32. The van der Waals surface area contributed by atoms with Crippen molar-refractivity contribution in [1.29, 1.82) is 0 Å². The normalized spacial score (nSPS) is 18.9. The Morgan fingerprint density at radius 1 is 0.970 bits per heavy atom. The average Bonchev–Trinajstić information content (AvgIpc) is 3.27. The molecule has 2 aliphatic rings. The Hall–Kier alpha value is -3.22. The minimum atomic E-state index is -0.401. The van der Waals surface area contributed by atoms with Crippen LogP contribution >= 0.6 is 0 Å². The van der Waals surface area contributed by atoms with E-state index in [0.29, 0.717) is 12.1 Å². The molecule has 5 nitrogen and oxygen atoms in total. The number of para-hydroxylation sites is 2. The van der Waals surface area contributed by atoms with E-state index in [1.165, 1.54) is 0 Å². The Kier molecular flexibility index (Phi) is 4.26. The second kappa shape index (κ2) is 6.89. The zero-order valence-electron chi connectivity index (χ0n) is 19.3. The van der Waals surface area contributed by atoms with Gasteiger partial charge in [-0.25, -0.2) is 4.98 Å². The number of carbonyl (C=O) groups excluding carboxylic acids is 1. The van der Waals surface area contributed by atoms with Gasteiger partial charge in [0.15, 0.2) is 5.78 Å². The molecule has 0 amide bonds. The van der Waals surface area contributed by atoms with Crippen molar-refractivity contribution in [3.05, 3.63) is 71.9 Å². The van der Waals surface area contributed by atoms with Crippen LogP contribution in [0.5, 0.6) is 0 Å². The Morgan fingerprint density at radius 2 is 1.67 bits per heavy atom. The number of fused-ring (bicyclic) bond motifs is 5. The topological polar surface area (TPSA) is 52.8 Å².